The highest BCUT2D eigenvalue weighted by atomic mass is 16.8. The zero-order chi connectivity index (χ0) is 20.5. The van der Waals surface area contributed by atoms with Crippen LogP contribution < -0.4 is 0 Å². The van der Waals surface area contributed by atoms with E-state index >= 15 is 0 Å². The molecule has 0 aromatic rings. The van der Waals surface area contributed by atoms with Crippen molar-refractivity contribution in [1.82, 2.24) is 0 Å². The molecule has 29 heavy (non-hydrogen) atoms. The Morgan fingerprint density at radius 3 is 2.93 bits per heavy atom. The van der Waals surface area contributed by atoms with Crippen LogP contribution in [-0.2, 0) is 28.5 Å². The number of allylic oxidation sites excluding steroid dienone is 1. The molecule has 3 fully saturated rings. The number of hydrogen-bond donors (Lipinski definition) is 1. The first-order valence-corrected chi connectivity index (χ1v) is 10.7. The number of rotatable bonds is 5. The molecule has 0 unspecified atom stereocenters. The first kappa shape index (κ1) is 21.0. The van der Waals surface area contributed by atoms with Crippen LogP contribution in [0.5, 0.6) is 0 Å². The van der Waals surface area contributed by atoms with Gasteiger partial charge in [-0.25, -0.2) is 0 Å². The average molecular weight is 408 g/mol. The summed E-state index contributed by atoms with van der Waals surface area (Å²) in [5, 5.41) is 9.43. The van der Waals surface area contributed by atoms with Crippen molar-refractivity contribution >= 4 is 5.97 Å². The summed E-state index contributed by atoms with van der Waals surface area (Å²) in [5.74, 6) is -1.36. The number of aliphatic hydroxyl groups is 1. The third-order valence-corrected chi connectivity index (χ3v) is 6.56. The molecule has 0 bridgehead atoms. The lowest BCUT2D eigenvalue weighted by atomic mass is 9.86. The van der Waals surface area contributed by atoms with Crippen molar-refractivity contribution in [3.63, 3.8) is 0 Å². The molecular weight excluding hydrogens is 376 g/mol. The van der Waals surface area contributed by atoms with Crippen LogP contribution in [0.3, 0.4) is 0 Å². The highest BCUT2D eigenvalue weighted by Gasteiger charge is 2.59. The van der Waals surface area contributed by atoms with Crippen molar-refractivity contribution in [3.8, 4) is 0 Å². The summed E-state index contributed by atoms with van der Waals surface area (Å²) in [7, 11) is 1.40. The maximum absolute atomic E-state index is 11.2. The molecular formula is C22H32O7. The molecule has 4 rings (SSSR count). The zero-order valence-corrected chi connectivity index (χ0v) is 17.2. The van der Waals surface area contributed by atoms with Gasteiger partial charge in [-0.2, -0.15) is 0 Å². The van der Waals surface area contributed by atoms with E-state index in [-0.39, 0.29) is 42.9 Å². The van der Waals surface area contributed by atoms with E-state index in [4.69, 9.17) is 18.9 Å². The lowest BCUT2D eigenvalue weighted by Crippen LogP contribution is -2.53. The highest BCUT2D eigenvalue weighted by molar-refractivity contribution is 5.69. The second kappa shape index (κ2) is 8.47. The smallest absolute Gasteiger partial charge is 0.305 e. The van der Waals surface area contributed by atoms with Gasteiger partial charge in [-0.3, -0.25) is 4.79 Å². The number of carbonyl (C=O) groups excluding carboxylic acids is 1. The van der Waals surface area contributed by atoms with Gasteiger partial charge in [0.1, 0.15) is 0 Å². The minimum atomic E-state index is -0.678. The van der Waals surface area contributed by atoms with Gasteiger partial charge in [0.2, 0.25) is 0 Å². The molecule has 162 valence electrons. The molecule has 7 atom stereocenters. The first-order chi connectivity index (χ1) is 14.0. The second-order valence-electron chi connectivity index (χ2n) is 8.59. The Bertz CT molecular complexity index is 662. The predicted octanol–water partition coefficient (Wildman–Crippen LogP) is 2.62. The monoisotopic (exact) mass is 408 g/mol. The normalized spacial score (nSPS) is 44.0. The molecule has 4 heterocycles. The van der Waals surface area contributed by atoms with E-state index < -0.39 is 11.6 Å². The van der Waals surface area contributed by atoms with E-state index in [1.165, 1.54) is 7.11 Å². The van der Waals surface area contributed by atoms with Crippen LogP contribution in [0, 0.1) is 5.92 Å². The fourth-order valence-electron chi connectivity index (χ4n) is 4.94. The van der Waals surface area contributed by atoms with E-state index in [0.717, 1.165) is 19.3 Å². The van der Waals surface area contributed by atoms with Crippen molar-refractivity contribution in [2.45, 2.75) is 87.9 Å². The molecule has 7 nitrogen and oxygen atoms in total. The third kappa shape index (κ3) is 4.30. The van der Waals surface area contributed by atoms with E-state index in [2.05, 4.69) is 17.7 Å². The van der Waals surface area contributed by atoms with E-state index in [9.17, 15) is 9.90 Å². The van der Waals surface area contributed by atoms with Crippen LogP contribution in [0.1, 0.15) is 51.9 Å². The van der Waals surface area contributed by atoms with Crippen molar-refractivity contribution < 1.29 is 33.6 Å². The van der Waals surface area contributed by atoms with E-state index in [1.807, 2.05) is 18.2 Å². The van der Waals surface area contributed by atoms with Gasteiger partial charge < -0.3 is 28.8 Å². The summed E-state index contributed by atoms with van der Waals surface area (Å²) in [6.45, 7) is 2.17. The molecule has 7 heteroatoms. The average Bonchev–Trinajstić information content (AvgIpc) is 3.27. The van der Waals surface area contributed by atoms with Crippen molar-refractivity contribution in [2.24, 2.45) is 5.92 Å². The maximum atomic E-state index is 11.2. The van der Waals surface area contributed by atoms with Crippen LogP contribution in [0.4, 0.5) is 0 Å². The summed E-state index contributed by atoms with van der Waals surface area (Å²) in [6, 6.07) is 0. The van der Waals surface area contributed by atoms with Gasteiger partial charge in [-0.1, -0.05) is 31.2 Å². The van der Waals surface area contributed by atoms with E-state index in [0.29, 0.717) is 25.7 Å². The number of aliphatic hydroxyl groups excluding tert-OH is 1. The lowest BCUT2D eigenvalue weighted by molar-refractivity contribution is -0.365. The quantitative estimate of drug-likeness (QED) is 0.553. The Labute approximate surface area is 172 Å². The van der Waals surface area contributed by atoms with Gasteiger partial charge in [-0.05, 0) is 12.8 Å². The SMILES string of the molecule is COC(=O)CC/C=C/[C@H]1C=CC[C@@]2(CC[C@]3(O[C@@H]4C[C@@H](CO)O[C@@H]4C[C@H]3C)O2)O1. The molecule has 4 aliphatic rings. The van der Waals surface area contributed by atoms with Crippen LogP contribution in [-0.4, -0.2) is 60.8 Å². The Morgan fingerprint density at radius 1 is 1.28 bits per heavy atom. The third-order valence-electron chi connectivity index (χ3n) is 6.56. The molecule has 2 spiro atoms. The predicted molar refractivity (Wildman–Crippen MR) is 104 cm³/mol. The van der Waals surface area contributed by atoms with Gasteiger partial charge in [0.05, 0.1) is 38.1 Å². The molecule has 1 N–H and O–H groups in total. The first-order valence-electron chi connectivity index (χ1n) is 10.7. The number of carbonyl (C=O) groups is 1. The van der Waals surface area contributed by atoms with Gasteiger partial charge in [0.15, 0.2) is 11.6 Å². The number of fused-ring (bicyclic) bond motifs is 1. The summed E-state index contributed by atoms with van der Waals surface area (Å²) >= 11 is 0. The summed E-state index contributed by atoms with van der Waals surface area (Å²) in [5.41, 5.74) is 0. The molecule has 0 aromatic heterocycles. The Hall–Kier alpha value is -1.25. The van der Waals surface area contributed by atoms with Crippen LogP contribution in [0.25, 0.3) is 0 Å². The Morgan fingerprint density at radius 2 is 2.14 bits per heavy atom. The molecule has 3 saturated heterocycles. The maximum Gasteiger partial charge on any atom is 0.305 e. The van der Waals surface area contributed by atoms with Crippen LogP contribution >= 0.6 is 0 Å². The molecule has 0 amide bonds. The lowest BCUT2D eigenvalue weighted by Gasteiger charge is -2.45. The second-order valence-corrected chi connectivity index (χ2v) is 8.59. The highest BCUT2D eigenvalue weighted by Crippen LogP contribution is 2.52. The number of hydrogen-bond acceptors (Lipinski definition) is 7. The number of methoxy groups -OCH3 is 1. The van der Waals surface area contributed by atoms with Crippen molar-refractivity contribution in [3.05, 3.63) is 24.3 Å². The fraction of sp³-hybridized carbons (Fsp3) is 0.773. The standard InChI is InChI=1S/C22H32O7/c1-15-12-18-19(13-17(14-23)26-18)28-22(15)11-10-21(29-22)9-5-7-16(27-21)6-3-4-8-20(24)25-2/h3,5-7,15-19,23H,4,8-14H2,1-2H3/b6-3+/t15-,16+,17+,18-,19-,21-,22+/m1/s1. The number of esters is 1. The van der Waals surface area contributed by atoms with Gasteiger partial charge in [0, 0.05) is 38.0 Å². The summed E-state index contributed by atoms with van der Waals surface area (Å²) < 4.78 is 30.0. The van der Waals surface area contributed by atoms with E-state index in [1.54, 1.807) is 0 Å². The number of ether oxygens (including phenoxy) is 5. The molecule has 0 saturated carbocycles. The Kier molecular flexibility index (Phi) is 6.14. The zero-order valence-electron chi connectivity index (χ0n) is 17.2. The summed E-state index contributed by atoms with van der Waals surface area (Å²) in [4.78, 5) is 11.2. The minimum absolute atomic E-state index is 0.0282. The largest absolute Gasteiger partial charge is 0.469 e. The van der Waals surface area contributed by atoms with Gasteiger partial charge >= 0.3 is 5.97 Å². The summed E-state index contributed by atoms with van der Waals surface area (Å²) in [6.07, 6.45) is 12.5. The van der Waals surface area contributed by atoms with Gasteiger partial charge in [-0.15, -0.1) is 0 Å². The minimum Gasteiger partial charge on any atom is -0.469 e. The molecule has 0 radical (unpaired) electrons. The van der Waals surface area contributed by atoms with Crippen molar-refractivity contribution in [1.29, 1.82) is 0 Å². The van der Waals surface area contributed by atoms with Crippen molar-refractivity contribution in [2.75, 3.05) is 13.7 Å². The van der Waals surface area contributed by atoms with Crippen LogP contribution in [0.15, 0.2) is 24.3 Å². The van der Waals surface area contributed by atoms with Gasteiger partial charge in [0.25, 0.3) is 0 Å². The Balaban J connectivity index is 1.37. The molecule has 0 aromatic carbocycles. The fourth-order valence-corrected chi connectivity index (χ4v) is 4.94. The van der Waals surface area contributed by atoms with Crippen LogP contribution in [0.2, 0.25) is 0 Å². The molecule has 0 aliphatic carbocycles. The topological polar surface area (TPSA) is 83.5 Å². The molecule has 4 aliphatic heterocycles.